The Kier molecular flexibility index (Phi) is 6.05. The Labute approximate surface area is 209 Å². The van der Waals surface area contributed by atoms with E-state index in [2.05, 4.69) is 38.2 Å². The van der Waals surface area contributed by atoms with E-state index in [0.717, 1.165) is 60.3 Å². The van der Waals surface area contributed by atoms with E-state index in [4.69, 9.17) is 4.52 Å². The number of nitrogens with one attached hydrogen (secondary N) is 1. The fourth-order valence-electron chi connectivity index (χ4n) is 4.76. The van der Waals surface area contributed by atoms with Crippen LogP contribution in [-0.4, -0.2) is 57.0 Å². The fraction of sp³-hybridized carbons (Fsp3) is 0.207. The van der Waals surface area contributed by atoms with Crippen LogP contribution in [0.5, 0.6) is 0 Å². The normalized spacial score (nSPS) is 14.4. The van der Waals surface area contributed by atoms with E-state index in [1.807, 2.05) is 71.8 Å². The van der Waals surface area contributed by atoms with Gasteiger partial charge in [-0.3, -0.25) is 9.69 Å². The van der Waals surface area contributed by atoms with Crippen molar-refractivity contribution >= 4 is 16.8 Å². The average Bonchev–Trinajstić information content (AvgIpc) is 3.58. The van der Waals surface area contributed by atoms with Gasteiger partial charge in [-0.2, -0.15) is 4.98 Å². The highest BCUT2D eigenvalue weighted by Gasteiger charge is 2.22. The van der Waals surface area contributed by atoms with E-state index in [1.165, 1.54) is 5.56 Å². The molecule has 0 aliphatic carbocycles. The van der Waals surface area contributed by atoms with Crippen LogP contribution in [0.15, 0.2) is 89.6 Å². The fourth-order valence-corrected chi connectivity index (χ4v) is 4.76. The molecule has 0 atom stereocenters. The molecule has 1 fully saturated rings. The van der Waals surface area contributed by atoms with Crippen LogP contribution in [0.3, 0.4) is 0 Å². The summed E-state index contributed by atoms with van der Waals surface area (Å²) < 4.78 is 5.44. The summed E-state index contributed by atoms with van der Waals surface area (Å²) in [5, 5.41) is 5.27. The molecule has 6 rings (SSSR count). The molecule has 2 aromatic heterocycles. The molecule has 36 heavy (non-hydrogen) atoms. The molecular formula is C29H27N5O2. The Morgan fingerprint density at radius 3 is 2.42 bits per heavy atom. The number of nitrogens with zero attached hydrogens (tertiary/aromatic N) is 4. The highest BCUT2D eigenvalue weighted by atomic mass is 16.5. The third-order valence-corrected chi connectivity index (χ3v) is 6.81. The van der Waals surface area contributed by atoms with Gasteiger partial charge in [0.25, 0.3) is 5.89 Å². The van der Waals surface area contributed by atoms with E-state index >= 15 is 0 Å². The van der Waals surface area contributed by atoms with E-state index in [1.54, 1.807) is 0 Å². The van der Waals surface area contributed by atoms with Gasteiger partial charge in [-0.25, -0.2) is 0 Å². The van der Waals surface area contributed by atoms with E-state index in [-0.39, 0.29) is 5.91 Å². The number of carbonyl (C=O) groups is 1. The van der Waals surface area contributed by atoms with Crippen molar-refractivity contribution in [3.8, 4) is 22.8 Å². The molecule has 1 aliphatic rings. The summed E-state index contributed by atoms with van der Waals surface area (Å²) in [5.41, 5.74) is 5.20. The van der Waals surface area contributed by atoms with Gasteiger partial charge in [-0.1, -0.05) is 65.8 Å². The Bertz CT molecular complexity index is 1460. The van der Waals surface area contributed by atoms with Crippen LogP contribution in [0.1, 0.15) is 11.1 Å². The van der Waals surface area contributed by atoms with Crippen LogP contribution in [0, 0.1) is 0 Å². The summed E-state index contributed by atoms with van der Waals surface area (Å²) in [4.78, 5) is 25.1. The smallest absolute Gasteiger partial charge is 0.258 e. The van der Waals surface area contributed by atoms with E-state index in [9.17, 15) is 4.79 Å². The van der Waals surface area contributed by atoms with Crippen LogP contribution in [0.2, 0.25) is 0 Å². The number of aromatic nitrogens is 3. The molecule has 0 radical (unpaired) electrons. The SMILES string of the molecule is O=C(Cc1c[nH]c2ccccc12)N1CCN(Cc2ccc(-c3noc(-c4ccccc4)n3)cc2)CC1. The second-order valence-corrected chi connectivity index (χ2v) is 9.18. The average molecular weight is 478 g/mol. The first kappa shape index (κ1) is 22.2. The molecule has 1 amide bonds. The van der Waals surface area contributed by atoms with Crippen molar-refractivity contribution in [1.29, 1.82) is 0 Å². The van der Waals surface area contributed by atoms with Crippen molar-refractivity contribution in [3.63, 3.8) is 0 Å². The van der Waals surface area contributed by atoms with Gasteiger partial charge in [0.2, 0.25) is 11.7 Å². The first-order valence-electron chi connectivity index (χ1n) is 12.3. The lowest BCUT2D eigenvalue weighted by atomic mass is 10.1. The van der Waals surface area contributed by atoms with Crippen molar-refractivity contribution in [2.75, 3.05) is 26.2 Å². The Balaban J connectivity index is 1.03. The molecule has 0 saturated carbocycles. The number of carbonyl (C=O) groups excluding carboxylic acids is 1. The zero-order valence-electron chi connectivity index (χ0n) is 19.9. The molecule has 7 heteroatoms. The molecule has 3 heterocycles. The number of rotatable bonds is 6. The lowest BCUT2D eigenvalue weighted by Crippen LogP contribution is -2.48. The molecule has 5 aromatic rings. The van der Waals surface area contributed by atoms with Gasteiger partial charge in [-0.15, -0.1) is 0 Å². The van der Waals surface area contributed by atoms with E-state index < -0.39 is 0 Å². The second kappa shape index (κ2) is 9.79. The molecular weight excluding hydrogens is 450 g/mol. The zero-order chi connectivity index (χ0) is 24.3. The quantitative estimate of drug-likeness (QED) is 0.381. The van der Waals surface area contributed by atoms with Crippen molar-refractivity contribution in [2.45, 2.75) is 13.0 Å². The first-order chi connectivity index (χ1) is 17.7. The van der Waals surface area contributed by atoms with Gasteiger partial charge in [0.05, 0.1) is 6.42 Å². The van der Waals surface area contributed by atoms with Gasteiger partial charge in [0.1, 0.15) is 0 Å². The van der Waals surface area contributed by atoms with Gasteiger partial charge >= 0.3 is 0 Å². The first-order valence-corrected chi connectivity index (χ1v) is 12.3. The molecule has 7 nitrogen and oxygen atoms in total. The Morgan fingerprint density at radius 1 is 0.861 bits per heavy atom. The molecule has 180 valence electrons. The summed E-state index contributed by atoms with van der Waals surface area (Å²) >= 11 is 0. The van der Waals surface area contributed by atoms with Gasteiger partial charge in [-0.05, 0) is 29.3 Å². The number of hydrogen-bond acceptors (Lipinski definition) is 5. The van der Waals surface area contributed by atoms with Crippen molar-refractivity contribution in [3.05, 3.63) is 96.2 Å². The molecule has 3 aromatic carbocycles. The lowest BCUT2D eigenvalue weighted by Gasteiger charge is -2.34. The van der Waals surface area contributed by atoms with Gasteiger partial charge in [0.15, 0.2) is 0 Å². The van der Waals surface area contributed by atoms with Crippen LogP contribution in [-0.2, 0) is 17.8 Å². The summed E-state index contributed by atoms with van der Waals surface area (Å²) in [6.45, 7) is 4.10. The summed E-state index contributed by atoms with van der Waals surface area (Å²) in [7, 11) is 0. The highest BCUT2D eigenvalue weighted by molar-refractivity contribution is 5.88. The minimum absolute atomic E-state index is 0.193. The molecule has 1 aliphatic heterocycles. The predicted molar refractivity (Wildman–Crippen MR) is 139 cm³/mol. The number of aromatic amines is 1. The van der Waals surface area contributed by atoms with Gasteiger partial charge in [0, 0.05) is 61.0 Å². The number of hydrogen-bond donors (Lipinski definition) is 1. The number of H-pyrrole nitrogens is 1. The van der Waals surface area contributed by atoms with Crippen LogP contribution >= 0.6 is 0 Å². The summed E-state index contributed by atoms with van der Waals surface area (Å²) in [6.07, 6.45) is 2.40. The third kappa shape index (κ3) is 4.65. The minimum atomic E-state index is 0.193. The van der Waals surface area contributed by atoms with Crippen molar-refractivity contribution < 1.29 is 9.32 Å². The summed E-state index contributed by atoms with van der Waals surface area (Å²) in [6, 6.07) is 26.2. The predicted octanol–water partition coefficient (Wildman–Crippen LogP) is 4.77. The largest absolute Gasteiger partial charge is 0.361 e. The number of para-hydroxylation sites is 1. The summed E-state index contributed by atoms with van der Waals surface area (Å²) in [5.74, 6) is 1.30. The number of amides is 1. The lowest BCUT2D eigenvalue weighted by molar-refractivity contribution is -0.132. The maximum Gasteiger partial charge on any atom is 0.258 e. The molecule has 1 saturated heterocycles. The molecule has 0 bridgehead atoms. The maximum absolute atomic E-state index is 12.9. The van der Waals surface area contributed by atoms with Crippen molar-refractivity contribution in [2.24, 2.45) is 0 Å². The third-order valence-electron chi connectivity index (χ3n) is 6.81. The Hall–Kier alpha value is -4.23. The van der Waals surface area contributed by atoms with Crippen molar-refractivity contribution in [1.82, 2.24) is 24.9 Å². The van der Waals surface area contributed by atoms with Gasteiger partial charge < -0.3 is 14.4 Å². The topological polar surface area (TPSA) is 78.3 Å². The van der Waals surface area contributed by atoms with Crippen LogP contribution < -0.4 is 0 Å². The number of fused-ring (bicyclic) bond motifs is 1. The monoisotopic (exact) mass is 477 g/mol. The zero-order valence-corrected chi connectivity index (χ0v) is 19.9. The molecule has 0 unspecified atom stereocenters. The standard InChI is InChI=1S/C29H27N5O2/c35-27(18-24-19-30-26-9-5-4-8-25(24)26)34-16-14-33(15-17-34)20-21-10-12-22(13-11-21)28-31-29(36-32-28)23-6-2-1-3-7-23/h1-13,19,30H,14-18,20H2. The van der Waals surface area contributed by atoms with E-state index in [0.29, 0.717) is 18.1 Å². The Morgan fingerprint density at radius 2 is 1.61 bits per heavy atom. The second-order valence-electron chi connectivity index (χ2n) is 9.18. The van der Waals surface area contributed by atoms with Crippen LogP contribution in [0.4, 0.5) is 0 Å². The minimum Gasteiger partial charge on any atom is -0.361 e. The number of benzene rings is 3. The molecule has 0 spiro atoms. The highest BCUT2D eigenvalue weighted by Crippen LogP contribution is 2.23. The molecule has 1 N–H and O–H groups in total. The number of piperazine rings is 1. The maximum atomic E-state index is 12.9. The van der Waals surface area contributed by atoms with Crippen LogP contribution in [0.25, 0.3) is 33.7 Å².